The Bertz CT molecular complexity index is 540. The van der Waals surface area contributed by atoms with Crippen LogP contribution < -0.4 is 0 Å². The minimum atomic E-state index is 0.0641. The Kier molecular flexibility index (Phi) is 3.40. The topological polar surface area (TPSA) is 12.9 Å². The van der Waals surface area contributed by atoms with Crippen LogP contribution in [-0.4, -0.2) is 4.98 Å². The standard InChI is InChI=1S/C15H16ClNS/c1-10-4-3-7-17-13(10)9-12(16)15-8-11-5-2-6-14(11)18-15/h3-4,7-8,12H,2,5-6,9H2,1H3. The van der Waals surface area contributed by atoms with Gasteiger partial charge in [0, 0.05) is 28.1 Å². The molecule has 1 aliphatic carbocycles. The highest BCUT2D eigenvalue weighted by atomic mass is 35.5. The van der Waals surface area contributed by atoms with Crippen molar-refractivity contribution in [2.45, 2.75) is 38.0 Å². The van der Waals surface area contributed by atoms with Crippen molar-refractivity contribution in [1.29, 1.82) is 0 Å². The highest BCUT2D eigenvalue weighted by Gasteiger charge is 2.19. The number of rotatable bonds is 3. The van der Waals surface area contributed by atoms with Crippen LogP contribution >= 0.6 is 22.9 Å². The number of fused-ring (bicyclic) bond motifs is 1. The van der Waals surface area contributed by atoms with Crippen LogP contribution in [0.25, 0.3) is 0 Å². The molecule has 0 spiro atoms. The minimum Gasteiger partial charge on any atom is -0.261 e. The Labute approximate surface area is 117 Å². The van der Waals surface area contributed by atoms with Crippen LogP contribution in [0.15, 0.2) is 24.4 Å². The molecule has 0 fully saturated rings. The van der Waals surface area contributed by atoms with Crippen LogP contribution in [0.3, 0.4) is 0 Å². The molecule has 0 amide bonds. The van der Waals surface area contributed by atoms with Gasteiger partial charge in [0.15, 0.2) is 0 Å². The van der Waals surface area contributed by atoms with Crippen LogP contribution in [-0.2, 0) is 19.3 Å². The summed E-state index contributed by atoms with van der Waals surface area (Å²) in [6.07, 6.45) is 6.46. The van der Waals surface area contributed by atoms with Crippen molar-refractivity contribution in [3.63, 3.8) is 0 Å². The summed E-state index contributed by atoms with van der Waals surface area (Å²) in [6, 6.07) is 6.38. The number of nitrogens with zero attached hydrogens (tertiary/aromatic N) is 1. The fourth-order valence-corrected chi connectivity index (χ4v) is 4.09. The van der Waals surface area contributed by atoms with Gasteiger partial charge in [0.1, 0.15) is 0 Å². The number of aryl methyl sites for hydroxylation is 3. The molecule has 18 heavy (non-hydrogen) atoms. The van der Waals surface area contributed by atoms with Crippen LogP contribution in [0.5, 0.6) is 0 Å². The molecule has 1 unspecified atom stereocenters. The maximum absolute atomic E-state index is 6.55. The van der Waals surface area contributed by atoms with E-state index in [1.807, 2.05) is 23.6 Å². The summed E-state index contributed by atoms with van der Waals surface area (Å²) >= 11 is 8.44. The van der Waals surface area contributed by atoms with Gasteiger partial charge in [-0.2, -0.15) is 0 Å². The van der Waals surface area contributed by atoms with Gasteiger partial charge in [0.2, 0.25) is 0 Å². The lowest BCUT2D eigenvalue weighted by atomic mass is 10.1. The second kappa shape index (κ2) is 5.02. The van der Waals surface area contributed by atoms with Crippen LogP contribution in [0, 0.1) is 6.92 Å². The van der Waals surface area contributed by atoms with E-state index in [9.17, 15) is 0 Å². The Hall–Kier alpha value is -0.860. The molecule has 2 heterocycles. The Morgan fingerprint density at radius 3 is 3.11 bits per heavy atom. The Balaban J connectivity index is 1.78. The zero-order valence-corrected chi connectivity index (χ0v) is 12.0. The van der Waals surface area contributed by atoms with E-state index in [1.54, 1.807) is 4.88 Å². The molecule has 3 heteroatoms. The highest BCUT2D eigenvalue weighted by molar-refractivity contribution is 7.12. The summed E-state index contributed by atoms with van der Waals surface area (Å²) in [5.41, 5.74) is 3.87. The first-order valence-corrected chi connectivity index (χ1v) is 7.65. The third-order valence-corrected chi connectivity index (χ3v) is 5.43. The first-order valence-electron chi connectivity index (χ1n) is 6.40. The van der Waals surface area contributed by atoms with E-state index in [-0.39, 0.29) is 5.38 Å². The van der Waals surface area contributed by atoms with Gasteiger partial charge in [0.25, 0.3) is 0 Å². The molecule has 0 aromatic carbocycles. The highest BCUT2D eigenvalue weighted by Crippen LogP contribution is 2.37. The van der Waals surface area contributed by atoms with Crippen molar-refractivity contribution in [3.8, 4) is 0 Å². The molecule has 0 saturated heterocycles. The molecule has 2 aromatic rings. The van der Waals surface area contributed by atoms with Gasteiger partial charge in [0.05, 0.1) is 5.38 Å². The molecule has 2 aromatic heterocycles. The molecular formula is C15H16ClNS. The van der Waals surface area contributed by atoms with E-state index in [2.05, 4.69) is 24.0 Å². The summed E-state index contributed by atoms with van der Waals surface area (Å²) in [7, 11) is 0. The Morgan fingerprint density at radius 1 is 1.44 bits per heavy atom. The van der Waals surface area contributed by atoms with Gasteiger partial charge in [-0.25, -0.2) is 0 Å². The molecule has 1 aliphatic rings. The van der Waals surface area contributed by atoms with Gasteiger partial charge in [-0.15, -0.1) is 22.9 Å². The lowest BCUT2D eigenvalue weighted by Crippen LogP contribution is -1.99. The molecule has 94 valence electrons. The van der Waals surface area contributed by atoms with E-state index < -0.39 is 0 Å². The lowest BCUT2D eigenvalue weighted by Gasteiger charge is -2.09. The normalized spacial score (nSPS) is 15.7. The number of aromatic nitrogens is 1. The predicted octanol–water partition coefficient (Wildman–Crippen LogP) is 4.46. The predicted molar refractivity (Wildman–Crippen MR) is 77.6 cm³/mol. The van der Waals surface area contributed by atoms with Crippen LogP contribution in [0.2, 0.25) is 0 Å². The Morgan fingerprint density at radius 2 is 2.33 bits per heavy atom. The number of hydrogen-bond acceptors (Lipinski definition) is 2. The zero-order valence-electron chi connectivity index (χ0n) is 10.4. The minimum absolute atomic E-state index is 0.0641. The summed E-state index contributed by atoms with van der Waals surface area (Å²) in [5.74, 6) is 0. The van der Waals surface area contributed by atoms with Crippen molar-refractivity contribution in [1.82, 2.24) is 4.98 Å². The van der Waals surface area contributed by atoms with Crippen LogP contribution in [0.1, 0.15) is 38.4 Å². The maximum Gasteiger partial charge on any atom is 0.0734 e. The number of halogens is 1. The number of thiophene rings is 1. The smallest absolute Gasteiger partial charge is 0.0734 e. The SMILES string of the molecule is Cc1cccnc1CC(Cl)c1cc2c(s1)CCC2. The van der Waals surface area contributed by atoms with E-state index in [1.165, 1.54) is 35.3 Å². The van der Waals surface area contributed by atoms with Gasteiger partial charge in [-0.05, 0) is 49.4 Å². The van der Waals surface area contributed by atoms with Crippen molar-refractivity contribution in [3.05, 3.63) is 51.0 Å². The molecule has 1 nitrogen and oxygen atoms in total. The van der Waals surface area contributed by atoms with Gasteiger partial charge < -0.3 is 0 Å². The second-order valence-corrected chi connectivity index (χ2v) is 6.58. The first-order chi connectivity index (χ1) is 8.74. The molecule has 3 rings (SSSR count). The number of hydrogen-bond donors (Lipinski definition) is 0. The molecule has 0 aliphatic heterocycles. The second-order valence-electron chi connectivity index (χ2n) is 4.89. The first kappa shape index (κ1) is 12.2. The van der Waals surface area contributed by atoms with Crippen molar-refractivity contribution < 1.29 is 0 Å². The van der Waals surface area contributed by atoms with Gasteiger partial charge in [-0.1, -0.05) is 6.07 Å². The monoisotopic (exact) mass is 277 g/mol. The number of pyridine rings is 1. The van der Waals surface area contributed by atoms with E-state index in [4.69, 9.17) is 11.6 Å². The van der Waals surface area contributed by atoms with Crippen molar-refractivity contribution in [2.24, 2.45) is 0 Å². The van der Waals surface area contributed by atoms with Gasteiger partial charge >= 0.3 is 0 Å². The quantitative estimate of drug-likeness (QED) is 0.755. The average molecular weight is 278 g/mol. The van der Waals surface area contributed by atoms with Crippen LogP contribution in [0.4, 0.5) is 0 Å². The van der Waals surface area contributed by atoms with E-state index in [0.717, 1.165) is 12.1 Å². The molecule has 0 saturated carbocycles. The average Bonchev–Trinajstić information content (AvgIpc) is 2.92. The fourth-order valence-electron chi connectivity index (χ4n) is 2.51. The summed E-state index contributed by atoms with van der Waals surface area (Å²) in [6.45, 7) is 2.10. The fraction of sp³-hybridized carbons (Fsp3) is 0.400. The van der Waals surface area contributed by atoms with E-state index in [0.29, 0.717) is 0 Å². The summed E-state index contributed by atoms with van der Waals surface area (Å²) < 4.78 is 0. The largest absolute Gasteiger partial charge is 0.261 e. The molecule has 1 atom stereocenters. The molecule has 0 bridgehead atoms. The maximum atomic E-state index is 6.55. The summed E-state index contributed by atoms with van der Waals surface area (Å²) in [4.78, 5) is 7.29. The molecular weight excluding hydrogens is 262 g/mol. The summed E-state index contributed by atoms with van der Waals surface area (Å²) in [5, 5.41) is 0.0641. The molecule has 0 N–H and O–H groups in total. The van der Waals surface area contributed by atoms with E-state index >= 15 is 0 Å². The van der Waals surface area contributed by atoms with Crippen molar-refractivity contribution >= 4 is 22.9 Å². The number of alkyl halides is 1. The lowest BCUT2D eigenvalue weighted by molar-refractivity contribution is 0.877. The van der Waals surface area contributed by atoms with Crippen molar-refractivity contribution in [2.75, 3.05) is 0 Å². The zero-order chi connectivity index (χ0) is 12.5. The van der Waals surface area contributed by atoms with Gasteiger partial charge in [-0.3, -0.25) is 4.98 Å². The molecule has 0 radical (unpaired) electrons. The third-order valence-electron chi connectivity index (χ3n) is 3.56. The third kappa shape index (κ3) is 2.32.